The second-order valence-electron chi connectivity index (χ2n) is 6.28. The van der Waals surface area contributed by atoms with Crippen LogP contribution in [0, 0.1) is 6.92 Å². The van der Waals surface area contributed by atoms with Crippen molar-refractivity contribution in [3.05, 3.63) is 59.2 Å². The maximum Gasteiger partial charge on any atom is 0.185 e. The molecule has 0 bridgehead atoms. The fourth-order valence-electron chi connectivity index (χ4n) is 2.54. The zero-order chi connectivity index (χ0) is 19.6. The molecule has 0 aliphatic rings. The number of methoxy groups -OCH3 is 1. The molecular weight excluding hydrogens is 340 g/mol. The molecule has 27 heavy (non-hydrogen) atoms. The van der Waals surface area contributed by atoms with Crippen molar-refractivity contribution in [1.82, 2.24) is 0 Å². The van der Waals surface area contributed by atoms with Gasteiger partial charge in [0.05, 0.1) is 20.3 Å². The van der Waals surface area contributed by atoms with Crippen LogP contribution < -0.4 is 14.2 Å². The van der Waals surface area contributed by atoms with Gasteiger partial charge in [-0.05, 0) is 67.8 Å². The van der Waals surface area contributed by atoms with Gasteiger partial charge in [-0.25, -0.2) is 0 Å². The van der Waals surface area contributed by atoms with E-state index in [9.17, 15) is 4.79 Å². The van der Waals surface area contributed by atoms with Gasteiger partial charge >= 0.3 is 0 Å². The van der Waals surface area contributed by atoms with Crippen molar-refractivity contribution < 1.29 is 19.0 Å². The van der Waals surface area contributed by atoms with E-state index in [-0.39, 0.29) is 5.78 Å². The van der Waals surface area contributed by atoms with Crippen LogP contribution in [0.25, 0.3) is 6.08 Å². The summed E-state index contributed by atoms with van der Waals surface area (Å²) in [6, 6.07) is 11.0. The molecule has 0 radical (unpaired) electrons. The van der Waals surface area contributed by atoms with Crippen LogP contribution in [0.4, 0.5) is 0 Å². The van der Waals surface area contributed by atoms with E-state index in [1.807, 2.05) is 19.1 Å². The fraction of sp³-hybridized carbons (Fsp3) is 0.348. The lowest BCUT2D eigenvalue weighted by Crippen LogP contribution is -2.02. The van der Waals surface area contributed by atoms with Gasteiger partial charge in [-0.3, -0.25) is 4.79 Å². The smallest absolute Gasteiger partial charge is 0.185 e. The van der Waals surface area contributed by atoms with Crippen LogP contribution in [0.1, 0.15) is 48.2 Å². The van der Waals surface area contributed by atoms with Gasteiger partial charge in [0.2, 0.25) is 0 Å². The summed E-state index contributed by atoms with van der Waals surface area (Å²) in [5.74, 6) is 2.21. The van der Waals surface area contributed by atoms with Crippen molar-refractivity contribution >= 4 is 11.9 Å². The third-order valence-corrected chi connectivity index (χ3v) is 4.02. The molecule has 2 aromatic carbocycles. The third kappa shape index (κ3) is 5.88. The summed E-state index contributed by atoms with van der Waals surface area (Å²) in [5, 5.41) is 0. The number of benzene rings is 2. The number of ether oxygens (including phenoxy) is 3. The number of rotatable bonds is 10. The van der Waals surface area contributed by atoms with Crippen molar-refractivity contribution in [3.8, 4) is 17.2 Å². The molecule has 2 rings (SSSR count). The quantitative estimate of drug-likeness (QED) is 0.412. The number of allylic oxidation sites excluding steroid dienone is 1. The summed E-state index contributed by atoms with van der Waals surface area (Å²) in [6.45, 7) is 7.41. The summed E-state index contributed by atoms with van der Waals surface area (Å²) in [5.41, 5.74) is 2.50. The van der Waals surface area contributed by atoms with E-state index in [0.29, 0.717) is 18.8 Å². The highest BCUT2D eigenvalue weighted by Gasteiger charge is 2.09. The number of hydrogen-bond donors (Lipinski definition) is 0. The van der Waals surface area contributed by atoms with Crippen molar-refractivity contribution in [1.29, 1.82) is 0 Å². The van der Waals surface area contributed by atoms with Gasteiger partial charge in [-0.1, -0.05) is 13.8 Å². The molecule has 0 N–H and O–H groups in total. The van der Waals surface area contributed by atoms with Crippen molar-refractivity contribution in [3.63, 3.8) is 0 Å². The number of ketones is 1. The van der Waals surface area contributed by atoms with E-state index in [2.05, 4.69) is 13.8 Å². The molecule has 0 heterocycles. The molecule has 4 nitrogen and oxygen atoms in total. The van der Waals surface area contributed by atoms with Crippen LogP contribution in [0.3, 0.4) is 0 Å². The molecule has 4 heteroatoms. The molecule has 0 aliphatic heterocycles. The van der Waals surface area contributed by atoms with Crippen molar-refractivity contribution in [2.75, 3.05) is 20.3 Å². The molecule has 0 amide bonds. The lowest BCUT2D eigenvalue weighted by atomic mass is 10.1. The lowest BCUT2D eigenvalue weighted by molar-refractivity contribution is 0.104. The van der Waals surface area contributed by atoms with Gasteiger partial charge in [0, 0.05) is 17.2 Å². The molecule has 0 aromatic heterocycles. The maximum absolute atomic E-state index is 12.4. The predicted octanol–water partition coefficient (Wildman–Crippen LogP) is 5.48. The minimum Gasteiger partial charge on any atom is -0.497 e. The second kappa shape index (κ2) is 10.4. The lowest BCUT2D eigenvalue weighted by Gasteiger charge is -2.14. The van der Waals surface area contributed by atoms with Gasteiger partial charge in [0.25, 0.3) is 0 Å². The van der Waals surface area contributed by atoms with E-state index < -0.39 is 0 Å². The van der Waals surface area contributed by atoms with Gasteiger partial charge in [0.1, 0.15) is 17.2 Å². The van der Waals surface area contributed by atoms with Crippen LogP contribution in [-0.2, 0) is 0 Å². The number of aryl methyl sites for hydroxylation is 1. The highest BCUT2D eigenvalue weighted by molar-refractivity contribution is 6.07. The normalized spacial score (nSPS) is 10.8. The number of hydrogen-bond acceptors (Lipinski definition) is 4. The Morgan fingerprint density at radius 1 is 0.963 bits per heavy atom. The van der Waals surface area contributed by atoms with Gasteiger partial charge < -0.3 is 14.2 Å². The largest absolute Gasteiger partial charge is 0.497 e. The molecule has 0 saturated heterocycles. The van der Waals surface area contributed by atoms with Gasteiger partial charge in [-0.2, -0.15) is 0 Å². The SMILES string of the molecule is CCCOc1cc(OCCC)c(C=CC(=O)c2ccc(OC)cc2)cc1C. The molecule has 0 unspecified atom stereocenters. The predicted molar refractivity (Wildman–Crippen MR) is 109 cm³/mol. The Balaban J connectivity index is 2.24. The Kier molecular flexibility index (Phi) is 7.93. The second-order valence-corrected chi connectivity index (χ2v) is 6.28. The Bertz CT molecular complexity index is 776. The zero-order valence-electron chi connectivity index (χ0n) is 16.6. The van der Waals surface area contributed by atoms with E-state index >= 15 is 0 Å². The summed E-state index contributed by atoms with van der Waals surface area (Å²) < 4.78 is 16.8. The van der Waals surface area contributed by atoms with E-state index in [4.69, 9.17) is 14.2 Å². The molecule has 144 valence electrons. The summed E-state index contributed by atoms with van der Waals surface area (Å²) >= 11 is 0. The highest BCUT2D eigenvalue weighted by atomic mass is 16.5. The Morgan fingerprint density at radius 3 is 2.19 bits per heavy atom. The first kappa shape index (κ1) is 20.6. The molecule has 0 fully saturated rings. The Hall–Kier alpha value is -2.75. The number of carbonyl (C=O) groups excluding carboxylic acids is 1. The molecule has 2 aromatic rings. The maximum atomic E-state index is 12.4. The van der Waals surface area contributed by atoms with E-state index in [1.165, 1.54) is 0 Å². The Labute approximate surface area is 161 Å². The summed E-state index contributed by atoms with van der Waals surface area (Å²) in [6.07, 6.45) is 5.23. The first-order valence-electron chi connectivity index (χ1n) is 9.35. The zero-order valence-corrected chi connectivity index (χ0v) is 16.6. The third-order valence-electron chi connectivity index (χ3n) is 4.02. The Morgan fingerprint density at radius 2 is 1.59 bits per heavy atom. The first-order chi connectivity index (χ1) is 13.1. The molecule has 0 saturated carbocycles. The van der Waals surface area contributed by atoms with Crippen LogP contribution in [0.15, 0.2) is 42.5 Å². The van der Waals surface area contributed by atoms with E-state index in [1.54, 1.807) is 43.5 Å². The standard InChI is InChI=1S/C23H28O4/c1-5-13-26-22-16-23(27-14-6-2)19(15-17(22)3)9-12-21(24)18-7-10-20(25-4)11-8-18/h7-12,15-16H,5-6,13-14H2,1-4H3. The van der Waals surface area contributed by atoms with Gasteiger partial charge in [-0.15, -0.1) is 0 Å². The van der Waals surface area contributed by atoms with Crippen LogP contribution in [0.2, 0.25) is 0 Å². The molecule has 0 spiro atoms. The highest BCUT2D eigenvalue weighted by Crippen LogP contribution is 2.30. The van der Waals surface area contributed by atoms with E-state index in [0.717, 1.165) is 41.2 Å². The fourth-order valence-corrected chi connectivity index (χ4v) is 2.54. The first-order valence-corrected chi connectivity index (χ1v) is 9.35. The van der Waals surface area contributed by atoms with Crippen LogP contribution in [-0.4, -0.2) is 26.1 Å². The molecule has 0 aliphatic carbocycles. The average molecular weight is 368 g/mol. The minimum atomic E-state index is -0.0666. The molecular formula is C23H28O4. The summed E-state index contributed by atoms with van der Waals surface area (Å²) in [4.78, 5) is 12.4. The summed E-state index contributed by atoms with van der Waals surface area (Å²) in [7, 11) is 1.60. The van der Waals surface area contributed by atoms with Crippen molar-refractivity contribution in [2.45, 2.75) is 33.6 Å². The number of carbonyl (C=O) groups is 1. The molecule has 0 atom stereocenters. The van der Waals surface area contributed by atoms with Crippen LogP contribution in [0.5, 0.6) is 17.2 Å². The van der Waals surface area contributed by atoms with Crippen LogP contribution >= 0.6 is 0 Å². The monoisotopic (exact) mass is 368 g/mol. The minimum absolute atomic E-state index is 0.0666. The average Bonchev–Trinajstić information content (AvgIpc) is 2.70. The topological polar surface area (TPSA) is 44.8 Å². The van der Waals surface area contributed by atoms with Gasteiger partial charge in [0.15, 0.2) is 5.78 Å². The van der Waals surface area contributed by atoms with Crippen molar-refractivity contribution in [2.24, 2.45) is 0 Å².